The van der Waals surface area contributed by atoms with Crippen molar-refractivity contribution in [2.75, 3.05) is 19.6 Å². The fourth-order valence-corrected chi connectivity index (χ4v) is 5.65. The number of hydrogen-bond acceptors (Lipinski definition) is 5. The SMILES string of the molecule is CC(C)(C)OC(=O)NCCc1ccc(S(=O)(=O)C2CCN(C(=O)NCc3ccc(F)cc3)CC2)cc1. The van der Waals surface area contributed by atoms with E-state index in [-0.39, 0.29) is 23.3 Å². The van der Waals surface area contributed by atoms with Crippen LogP contribution in [0.1, 0.15) is 44.7 Å². The molecule has 1 heterocycles. The Balaban J connectivity index is 1.46. The van der Waals surface area contributed by atoms with E-state index in [1.807, 2.05) is 0 Å². The summed E-state index contributed by atoms with van der Waals surface area (Å²) >= 11 is 0. The van der Waals surface area contributed by atoms with Gasteiger partial charge in [0.05, 0.1) is 10.1 Å². The Hall–Kier alpha value is -3.14. The van der Waals surface area contributed by atoms with E-state index < -0.39 is 26.8 Å². The summed E-state index contributed by atoms with van der Waals surface area (Å²) in [5.74, 6) is -0.335. The van der Waals surface area contributed by atoms with Gasteiger partial charge >= 0.3 is 12.1 Å². The van der Waals surface area contributed by atoms with Gasteiger partial charge in [0.15, 0.2) is 9.84 Å². The summed E-state index contributed by atoms with van der Waals surface area (Å²) in [5.41, 5.74) is 1.12. The number of halogens is 1. The Morgan fingerprint density at radius 3 is 2.14 bits per heavy atom. The standard InChI is InChI=1S/C26H34FN3O5S/c1-26(2,3)35-25(32)28-15-12-19-6-10-22(11-7-19)36(33,34)23-13-16-30(17-14-23)24(31)29-18-20-4-8-21(27)9-5-20/h4-11,23H,12-18H2,1-3H3,(H,28,32)(H,29,31). The van der Waals surface area contributed by atoms with E-state index in [4.69, 9.17) is 4.74 Å². The van der Waals surface area contributed by atoms with Gasteiger partial charge in [-0.1, -0.05) is 24.3 Å². The smallest absolute Gasteiger partial charge is 0.407 e. The predicted molar refractivity (Wildman–Crippen MR) is 135 cm³/mol. The summed E-state index contributed by atoms with van der Waals surface area (Å²) in [7, 11) is -3.53. The number of nitrogens with zero attached hydrogens (tertiary/aromatic N) is 1. The van der Waals surface area contributed by atoms with Gasteiger partial charge in [-0.15, -0.1) is 0 Å². The number of likely N-dealkylation sites (tertiary alicyclic amines) is 1. The van der Waals surface area contributed by atoms with Crippen LogP contribution in [0.3, 0.4) is 0 Å². The molecule has 0 saturated carbocycles. The normalized spacial score (nSPS) is 14.8. The second-order valence-electron chi connectivity index (χ2n) is 9.84. The van der Waals surface area contributed by atoms with Crippen molar-refractivity contribution < 1.29 is 27.1 Å². The van der Waals surface area contributed by atoms with E-state index in [1.165, 1.54) is 12.1 Å². The number of nitrogens with one attached hydrogen (secondary N) is 2. The zero-order chi connectivity index (χ0) is 26.3. The molecular weight excluding hydrogens is 485 g/mol. The fourth-order valence-electron chi connectivity index (χ4n) is 3.92. The highest BCUT2D eigenvalue weighted by molar-refractivity contribution is 7.92. The Morgan fingerprint density at radius 2 is 1.56 bits per heavy atom. The van der Waals surface area contributed by atoms with E-state index in [0.717, 1.165) is 11.1 Å². The Labute approximate surface area is 212 Å². The fraction of sp³-hybridized carbons (Fsp3) is 0.462. The van der Waals surface area contributed by atoms with Crippen LogP contribution in [0.5, 0.6) is 0 Å². The van der Waals surface area contributed by atoms with Gasteiger partial charge in [0.1, 0.15) is 11.4 Å². The molecule has 2 aromatic carbocycles. The number of ether oxygens (including phenoxy) is 1. The van der Waals surface area contributed by atoms with Gasteiger partial charge in [-0.25, -0.2) is 22.4 Å². The first-order valence-electron chi connectivity index (χ1n) is 12.0. The molecule has 0 unspecified atom stereocenters. The number of carbonyl (C=O) groups excluding carboxylic acids is 2. The van der Waals surface area contributed by atoms with Gasteiger partial charge in [-0.2, -0.15) is 0 Å². The van der Waals surface area contributed by atoms with E-state index in [9.17, 15) is 22.4 Å². The van der Waals surface area contributed by atoms with Crippen LogP contribution >= 0.6 is 0 Å². The number of sulfone groups is 1. The number of piperidine rings is 1. The summed E-state index contributed by atoms with van der Waals surface area (Å²) < 4.78 is 44.5. The predicted octanol–water partition coefficient (Wildman–Crippen LogP) is 4.04. The Morgan fingerprint density at radius 1 is 0.972 bits per heavy atom. The maximum absolute atomic E-state index is 13.1. The van der Waals surface area contributed by atoms with E-state index in [1.54, 1.807) is 62.1 Å². The summed E-state index contributed by atoms with van der Waals surface area (Å²) in [4.78, 5) is 26.1. The molecule has 36 heavy (non-hydrogen) atoms. The van der Waals surface area contributed by atoms with Gasteiger partial charge in [0, 0.05) is 26.2 Å². The van der Waals surface area contributed by atoms with Crippen LogP contribution in [-0.4, -0.2) is 55.9 Å². The molecule has 3 amide bonds. The molecule has 0 atom stereocenters. The lowest BCUT2D eigenvalue weighted by Gasteiger charge is -2.31. The lowest BCUT2D eigenvalue weighted by molar-refractivity contribution is 0.0528. The van der Waals surface area contributed by atoms with Gasteiger partial charge in [0.2, 0.25) is 0 Å². The molecule has 3 rings (SSSR count). The van der Waals surface area contributed by atoms with Gasteiger partial charge < -0.3 is 20.3 Å². The monoisotopic (exact) mass is 519 g/mol. The molecule has 10 heteroatoms. The van der Waals surface area contributed by atoms with E-state index in [2.05, 4.69) is 10.6 Å². The van der Waals surface area contributed by atoms with Gasteiger partial charge in [-0.3, -0.25) is 0 Å². The van der Waals surface area contributed by atoms with Crippen molar-refractivity contribution in [2.24, 2.45) is 0 Å². The second-order valence-corrected chi connectivity index (χ2v) is 12.1. The highest BCUT2D eigenvalue weighted by atomic mass is 32.2. The summed E-state index contributed by atoms with van der Waals surface area (Å²) in [6.07, 6.45) is 0.768. The molecule has 1 fully saturated rings. The van der Waals surface area contributed by atoms with Crippen molar-refractivity contribution in [1.29, 1.82) is 0 Å². The third-order valence-electron chi connectivity index (χ3n) is 5.86. The molecule has 196 valence electrons. The number of amides is 3. The molecule has 0 spiro atoms. The number of urea groups is 1. The van der Waals surface area contributed by atoms with Gasteiger partial charge in [0.25, 0.3) is 0 Å². The van der Waals surface area contributed by atoms with Crippen molar-refractivity contribution in [2.45, 2.75) is 62.3 Å². The number of benzene rings is 2. The van der Waals surface area contributed by atoms with Crippen LogP contribution in [0.25, 0.3) is 0 Å². The second kappa shape index (κ2) is 11.7. The summed E-state index contributed by atoms with van der Waals surface area (Å²) in [6.45, 7) is 6.71. The maximum Gasteiger partial charge on any atom is 0.407 e. The molecule has 1 aliphatic rings. The zero-order valence-corrected chi connectivity index (χ0v) is 21.7. The van der Waals surface area contributed by atoms with Crippen LogP contribution in [0.4, 0.5) is 14.0 Å². The molecule has 1 aliphatic heterocycles. The lowest BCUT2D eigenvalue weighted by atomic mass is 10.1. The Kier molecular flexibility index (Phi) is 8.94. The summed E-state index contributed by atoms with van der Waals surface area (Å²) in [5, 5.41) is 4.92. The highest BCUT2D eigenvalue weighted by Gasteiger charge is 2.32. The minimum absolute atomic E-state index is 0.255. The number of carbonyl (C=O) groups is 2. The average Bonchev–Trinajstić information content (AvgIpc) is 2.83. The van der Waals surface area contributed by atoms with Crippen LogP contribution in [0.2, 0.25) is 0 Å². The van der Waals surface area contributed by atoms with Crippen molar-refractivity contribution in [3.05, 3.63) is 65.5 Å². The van der Waals surface area contributed by atoms with Gasteiger partial charge in [-0.05, 0) is 75.4 Å². The van der Waals surface area contributed by atoms with Crippen molar-refractivity contribution in [1.82, 2.24) is 15.5 Å². The number of rotatable bonds is 7. The topological polar surface area (TPSA) is 105 Å². The zero-order valence-electron chi connectivity index (χ0n) is 20.9. The highest BCUT2D eigenvalue weighted by Crippen LogP contribution is 2.25. The molecule has 8 nitrogen and oxygen atoms in total. The molecule has 2 aromatic rings. The summed E-state index contributed by atoms with van der Waals surface area (Å²) in [6, 6.07) is 12.3. The first kappa shape index (κ1) is 27.4. The average molecular weight is 520 g/mol. The molecule has 2 N–H and O–H groups in total. The van der Waals surface area contributed by atoms with Crippen molar-refractivity contribution in [3.8, 4) is 0 Å². The lowest BCUT2D eigenvalue weighted by Crippen LogP contribution is -2.46. The third-order valence-corrected chi connectivity index (χ3v) is 8.14. The Bertz CT molecular complexity index is 1140. The molecular formula is C26H34FN3O5S. The van der Waals surface area contributed by atoms with E-state index in [0.29, 0.717) is 38.9 Å². The van der Waals surface area contributed by atoms with Crippen molar-refractivity contribution in [3.63, 3.8) is 0 Å². The largest absolute Gasteiger partial charge is 0.444 e. The maximum atomic E-state index is 13.1. The van der Waals surface area contributed by atoms with Crippen LogP contribution in [-0.2, 0) is 27.5 Å². The van der Waals surface area contributed by atoms with E-state index >= 15 is 0 Å². The third kappa shape index (κ3) is 7.94. The first-order chi connectivity index (χ1) is 16.9. The van der Waals surface area contributed by atoms with Crippen LogP contribution in [0, 0.1) is 5.82 Å². The molecule has 0 aromatic heterocycles. The molecule has 0 radical (unpaired) electrons. The number of alkyl carbamates (subject to hydrolysis) is 1. The number of hydrogen-bond donors (Lipinski definition) is 2. The first-order valence-corrected chi connectivity index (χ1v) is 13.6. The van der Waals surface area contributed by atoms with Crippen molar-refractivity contribution >= 4 is 22.0 Å². The molecule has 0 aliphatic carbocycles. The van der Waals surface area contributed by atoms with Crippen LogP contribution < -0.4 is 10.6 Å². The molecule has 1 saturated heterocycles. The minimum Gasteiger partial charge on any atom is -0.444 e. The quantitative estimate of drug-likeness (QED) is 0.575. The minimum atomic E-state index is -3.53. The molecule has 0 bridgehead atoms. The van der Waals surface area contributed by atoms with Crippen LogP contribution in [0.15, 0.2) is 53.4 Å².